The van der Waals surface area contributed by atoms with Gasteiger partial charge >= 0.3 is 17.9 Å². The van der Waals surface area contributed by atoms with Gasteiger partial charge in [-0.3, -0.25) is 4.98 Å². The minimum absolute atomic E-state index is 0.194. The van der Waals surface area contributed by atoms with E-state index in [4.69, 9.17) is 14.2 Å². The van der Waals surface area contributed by atoms with Crippen LogP contribution in [0.15, 0.2) is 112 Å². The Morgan fingerprint density at radius 3 is 1.28 bits per heavy atom. The number of thiophene rings is 3. The van der Waals surface area contributed by atoms with Crippen molar-refractivity contribution in [3.05, 3.63) is 147 Å². The lowest BCUT2D eigenvalue weighted by Gasteiger charge is -2.35. The fourth-order valence-corrected chi connectivity index (χ4v) is 19.2. The molecule has 3 aliphatic heterocycles. The first-order chi connectivity index (χ1) is 44.4. The zero-order chi connectivity index (χ0) is 64.7. The van der Waals surface area contributed by atoms with E-state index in [9.17, 15) is 14.4 Å². The van der Waals surface area contributed by atoms with Gasteiger partial charge in [-0.05, 0) is 236 Å². The van der Waals surface area contributed by atoms with Crippen molar-refractivity contribution in [1.29, 1.82) is 0 Å². The summed E-state index contributed by atoms with van der Waals surface area (Å²) in [4.78, 5) is 54.0. The maximum Gasteiger partial charge on any atom is 0.348 e. The van der Waals surface area contributed by atoms with E-state index in [-0.39, 0.29) is 17.9 Å². The Morgan fingerprint density at radius 1 is 0.511 bits per heavy atom. The first-order valence-corrected chi connectivity index (χ1v) is 37.5. The molecule has 7 aromatic rings. The van der Waals surface area contributed by atoms with Crippen molar-refractivity contribution in [2.75, 3.05) is 81.7 Å². The average Bonchev–Trinajstić information content (AvgIpc) is 1.60. The summed E-state index contributed by atoms with van der Waals surface area (Å²) < 4.78 is 19.6. The zero-order valence-corrected chi connectivity index (χ0v) is 61.3. The highest BCUT2D eigenvalue weighted by Crippen LogP contribution is 2.47. The van der Waals surface area contributed by atoms with Crippen LogP contribution in [0.3, 0.4) is 0 Å². The van der Waals surface area contributed by atoms with Crippen LogP contribution in [0.2, 0.25) is 0 Å². The molecule has 12 nitrogen and oxygen atoms in total. The molecular weight excluding hydrogens is 1380 g/mol. The second-order valence-electron chi connectivity index (χ2n) is 26.9. The van der Waals surface area contributed by atoms with E-state index >= 15 is 0 Å². The fraction of sp³-hybridized carbons (Fsp3) is 0.480. The Kier molecular flexibility index (Phi) is 23.1. The van der Waals surface area contributed by atoms with Gasteiger partial charge in [-0.25, -0.2) is 19.1 Å². The van der Waals surface area contributed by atoms with Gasteiger partial charge in [0, 0.05) is 76.4 Å². The van der Waals surface area contributed by atoms with Crippen LogP contribution in [-0.4, -0.2) is 129 Å². The Morgan fingerprint density at radius 2 is 0.891 bits per heavy atom. The number of likely N-dealkylation sites (N-methyl/N-ethyl adjacent to an activating group) is 3. The Bertz CT molecular complexity index is 3800. The molecule has 0 N–H and O–H groups in total. The highest BCUT2D eigenvalue weighted by atomic mass is 127. The second-order valence-corrected chi connectivity index (χ2v) is 32.8. The standard InChI is InChI=1S/C31H34N4O2S.C25H30BrNO2S.C19H26INO2S/c1-20-6-8-21(9-7-20)26-18-34(2)16-14-24(26)25-17-29(38-30(25)31(36)37-3)22-10-12-23(13-11-22)35-19-28-27(33-35)5-4-15-32-28;1-16-4-6-17(7-5-16)22-15-27(2)13-12-20(22)21-14-23(30-24(21)25(28)29-3)18-8-10-19(26)11-9-18;1-12-4-6-13(7-5-12)16-11-21(2)9-8-14(16)15-10-17(20)24-18(15)19(22)23-3/h4-5,10-13,15,17,19-21H,6-9,14,16,18H2,1-3H3;8-11,14,16-17H,4-7,12-13,15H2,1-3H3;10,12-13H,4-9,11H2,1-3H3. The summed E-state index contributed by atoms with van der Waals surface area (Å²) in [5.41, 5.74) is 17.1. The molecule has 8 heterocycles. The molecule has 2 aromatic carbocycles. The van der Waals surface area contributed by atoms with Crippen LogP contribution in [-0.2, 0) is 14.2 Å². The van der Waals surface area contributed by atoms with Crippen LogP contribution in [0.4, 0.5) is 0 Å². The number of hydrogen-bond donors (Lipinski definition) is 0. The lowest BCUT2D eigenvalue weighted by Crippen LogP contribution is -2.31. The molecule has 0 spiro atoms. The molecule has 3 aliphatic carbocycles. The van der Waals surface area contributed by atoms with Crippen LogP contribution >= 0.6 is 72.5 Å². The molecule has 3 fully saturated rings. The molecule has 92 heavy (non-hydrogen) atoms. The topological polar surface area (TPSA) is 119 Å². The third-order valence-electron chi connectivity index (χ3n) is 20.3. The number of pyridine rings is 1. The van der Waals surface area contributed by atoms with Gasteiger partial charge in [0.05, 0.1) is 36.1 Å². The highest BCUT2D eigenvalue weighted by Gasteiger charge is 2.34. The van der Waals surface area contributed by atoms with Gasteiger partial charge < -0.3 is 28.9 Å². The van der Waals surface area contributed by atoms with E-state index in [2.05, 4.69) is 172 Å². The number of methoxy groups -OCH3 is 3. The Balaban J connectivity index is 0.000000145. The molecule has 0 amide bonds. The van der Waals surface area contributed by atoms with E-state index in [0.717, 1.165) is 153 Å². The smallest absolute Gasteiger partial charge is 0.348 e. The summed E-state index contributed by atoms with van der Waals surface area (Å²) in [7, 11) is 11.1. The summed E-state index contributed by atoms with van der Waals surface area (Å²) in [6, 6.07) is 27.2. The van der Waals surface area contributed by atoms with Crippen molar-refractivity contribution in [1.82, 2.24) is 29.5 Å². The number of rotatable bonds is 12. The third kappa shape index (κ3) is 16.1. The minimum Gasteiger partial charge on any atom is -0.465 e. The van der Waals surface area contributed by atoms with Crippen LogP contribution in [0.5, 0.6) is 0 Å². The van der Waals surface area contributed by atoms with Crippen LogP contribution in [0.25, 0.3) is 54.3 Å². The average molecular weight is 1470 g/mol. The van der Waals surface area contributed by atoms with Gasteiger partial charge in [0.1, 0.15) is 25.7 Å². The number of fused-ring (bicyclic) bond motifs is 1. The maximum atomic E-state index is 13.0. The van der Waals surface area contributed by atoms with E-state index in [1.165, 1.54) is 132 Å². The monoisotopic (exact) mass is 1470 g/mol. The summed E-state index contributed by atoms with van der Waals surface area (Å²) in [6.45, 7) is 13.3. The van der Waals surface area contributed by atoms with Crippen molar-refractivity contribution in [3.8, 4) is 26.6 Å². The third-order valence-corrected chi connectivity index (χ3v) is 25.0. The van der Waals surface area contributed by atoms with Gasteiger partial charge in [-0.2, -0.15) is 5.10 Å². The molecule has 0 bridgehead atoms. The highest BCUT2D eigenvalue weighted by molar-refractivity contribution is 14.1. The van der Waals surface area contributed by atoms with E-state index in [1.54, 1.807) is 40.0 Å². The lowest BCUT2D eigenvalue weighted by molar-refractivity contribution is 0.0597. The number of ether oxygens (including phenoxy) is 3. The molecule has 3 saturated carbocycles. The number of nitrogens with zero attached hydrogens (tertiary/aromatic N) is 6. The van der Waals surface area contributed by atoms with Crippen molar-refractivity contribution < 1.29 is 28.6 Å². The minimum atomic E-state index is -0.244. The van der Waals surface area contributed by atoms with Gasteiger partial charge in [-0.15, -0.1) is 34.0 Å². The van der Waals surface area contributed by atoms with Gasteiger partial charge in [-0.1, -0.05) is 99.5 Å². The SMILES string of the molecule is COC(=O)c1sc(-c2ccc(-n3cc4ncccc4n3)cc2)cc1C1=C(C2CCC(C)CC2)CN(C)CC1.COC(=O)c1sc(-c2ccc(Br)cc2)cc1C1=C(C2CCC(C)CC2)CN(C)CC1.COC(=O)c1sc(I)cc1C1=C(C2CCC(C)CC2)CN(C)CC1. The predicted molar refractivity (Wildman–Crippen MR) is 391 cm³/mol. The first kappa shape index (κ1) is 68.3. The van der Waals surface area contributed by atoms with Crippen LogP contribution in [0.1, 0.15) is 163 Å². The van der Waals surface area contributed by atoms with Crippen LogP contribution in [0, 0.1) is 38.4 Å². The Labute approximate surface area is 579 Å². The largest absolute Gasteiger partial charge is 0.465 e. The van der Waals surface area contributed by atoms with Crippen LogP contribution < -0.4 is 0 Å². The molecule has 0 radical (unpaired) electrons. The number of halogens is 2. The number of benzene rings is 2. The molecular formula is C75H90BrIN6O6S3. The summed E-state index contributed by atoms with van der Waals surface area (Å²) in [6.07, 6.45) is 22.2. The molecule has 13 rings (SSSR count). The molecule has 488 valence electrons. The van der Waals surface area contributed by atoms with Gasteiger partial charge in [0.2, 0.25) is 0 Å². The van der Waals surface area contributed by atoms with Gasteiger partial charge in [0.15, 0.2) is 0 Å². The Hall–Kier alpha value is -5.12. The number of carbonyl (C=O) groups excluding carboxylic acids is 3. The molecule has 5 aromatic heterocycles. The summed E-state index contributed by atoms with van der Waals surface area (Å²) in [5, 5.41) is 4.65. The molecule has 0 atom stereocenters. The van der Waals surface area contributed by atoms with E-state index < -0.39 is 0 Å². The number of aromatic nitrogens is 3. The molecule has 17 heteroatoms. The fourth-order valence-electron chi connectivity index (χ4n) is 14.9. The summed E-state index contributed by atoms with van der Waals surface area (Å²) >= 11 is 10.5. The normalized spacial score (nSPS) is 22.8. The number of hydrogen-bond acceptors (Lipinski definition) is 14. The zero-order valence-electron chi connectivity index (χ0n) is 55.1. The van der Waals surface area contributed by atoms with Crippen molar-refractivity contribution >= 4 is 118 Å². The van der Waals surface area contributed by atoms with Crippen molar-refractivity contribution in [2.24, 2.45) is 35.5 Å². The van der Waals surface area contributed by atoms with E-state index in [1.807, 2.05) is 23.0 Å². The quantitative estimate of drug-likeness (QED) is 0.0661. The molecule has 0 unspecified atom stereocenters. The van der Waals surface area contributed by atoms with E-state index in [0.29, 0.717) is 17.8 Å². The first-order valence-electron chi connectivity index (χ1n) is 33.2. The predicted octanol–water partition coefficient (Wildman–Crippen LogP) is 18.8. The number of carbonyl (C=O) groups is 3. The van der Waals surface area contributed by atoms with Crippen molar-refractivity contribution in [2.45, 2.75) is 117 Å². The maximum absolute atomic E-state index is 13.0. The molecule has 6 aliphatic rings. The second kappa shape index (κ2) is 31.2. The number of esters is 3. The lowest BCUT2D eigenvalue weighted by atomic mass is 9.75. The van der Waals surface area contributed by atoms with Crippen molar-refractivity contribution in [3.63, 3.8) is 0 Å². The molecule has 0 saturated heterocycles. The van der Waals surface area contributed by atoms with Gasteiger partial charge in [0.25, 0.3) is 0 Å². The summed E-state index contributed by atoms with van der Waals surface area (Å²) in [5.74, 6) is 3.78.